The SMILES string of the molecule is O=C(NC1CC12CCN(C(=O)c1ccoc1)CC2)c1ccccc1. The third kappa shape index (κ3) is 2.70. The van der Waals surface area contributed by atoms with Gasteiger partial charge in [-0.2, -0.15) is 0 Å². The largest absolute Gasteiger partial charge is 0.472 e. The van der Waals surface area contributed by atoms with Crippen LogP contribution in [0.3, 0.4) is 0 Å². The van der Waals surface area contributed by atoms with Crippen LogP contribution in [-0.2, 0) is 0 Å². The Bertz CT molecular complexity index is 731. The van der Waals surface area contributed by atoms with Crippen LogP contribution < -0.4 is 5.32 Å². The minimum atomic E-state index is -0.00521. The van der Waals surface area contributed by atoms with Crippen LogP contribution in [0, 0.1) is 5.41 Å². The lowest BCUT2D eigenvalue weighted by Gasteiger charge is -2.32. The first-order valence-corrected chi connectivity index (χ1v) is 8.35. The Hall–Kier alpha value is -2.56. The lowest BCUT2D eigenvalue weighted by molar-refractivity contribution is 0.0667. The Morgan fingerprint density at radius 3 is 2.50 bits per heavy atom. The van der Waals surface area contributed by atoms with Crippen molar-refractivity contribution in [1.82, 2.24) is 10.2 Å². The highest BCUT2D eigenvalue weighted by Crippen LogP contribution is 2.54. The molecule has 0 bridgehead atoms. The van der Waals surface area contributed by atoms with E-state index < -0.39 is 0 Å². The molecule has 1 unspecified atom stereocenters. The first-order chi connectivity index (χ1) is 11.7. The number of nitrogens with one attached hydrogen (secondary N) is 1. The fraction of sp³-hybridized carbons (Fsp3) is 0.368. The fourth-order valence-corrected chi connectivity index (χ4v) is 3.66. The smallest absolute Gasteiger partial charge is 0.257 e. The van der Waals surface area contributed by atoms with Crippen molar-refractivity contribution in [2.24, 2.45) is 5.41 Å². The summed E-state index contributed by atoms with van der Waals surface area (Å²) in [6.07, 6.45) is 5.91. The fourth-order valence-electron chi connectivity index (χ4n) is 3.66. The lowest BCUT2D eigenvalue weighted by atomic mass is 9.92. The molecule has 0 radical (unpaired) electrons. The van der Waals surface area contributed by atoms with Crippen molar-refractivity contribution in [3.63, 3.8) is 0 Å². The number of likely N-dealkylation sites (tertiary alicyclic amines) is 1. The molecule has 2 aromatic rings. The highest BCUT2D eigenvalue weighted by molar-refractivity contribution is 5.95. The van der Waals surface area contributed by atoms with Crippen molar-refractivity contribution in [3.8, 4) is 0 Å². The molecule has 5 nitrogen and oxygen atoms in total. The van der Waals surface area contributed by atoms with Gasteiger partial charge in [0, 0.05) is 24.7 Å². The maximum Gasteiger partial charge on any atom is 0.257 e. The average molecular weight is 324 g/mol. The molecule has 1 aliphatic carbocycles. The molecule has 1 aromatic heterocycles. The van der Waals surface area contributed by atoms with Gasteiger partial charge in [-0.25, -0.2) is 0 Å². The summed E-state index contributed by atoms with van der Waals surface area (Å²) in [5.74, 6) is 0.0264. The van der Waals surface area contributed by atoms with E-state index in [9.17, 15) is 9.59 Å². The van der Waals surface area contributed by atoms with Gasteiger partial charge in [0.05, 0.1) is 11.8 Å². The summed E-state index contributed by atoms with van der Waals surface area (Å²) in [7, 11) is 0. The Labute approximate surface area is 140 Å². The van der Waals surface area contributed by atoms with E-state index in [1.807, 2.05) is 35.2 Å². The summed E-state index contributed by atoms with van der Waals surface area (Å²) in [6.45, 7) is 1.48. The summed E-state index contributed by atoms with van der Waals surface area (Å²) < 4.78 is 4.99. The summed E-state index contributed by atoms with van der Waals surface area (Å²) in [5, 5.41) is 3.14. The molecule has 2 heterocycles. The predicted octanol–water partition coefficient (Wildman–Crippen LogP) is 2.70. The van der Waals surface area contributed by atoms with Crippen LogP contribution >= 0.6 is 0 Å². The van der Waals surface area contributed by atoms with Crippen molar-refractivity contribution in [3.05, 3.63) is 60.1 Å². The number of amides is 2. The van der Waals surface area contributed by atoms with E-state index in [0.717, 1.165) is 32.4 Å². The molecule has 24 heavy (non-hydrogen) atoms. The second-order valence-electron chi connectivity index (χ2n) is 6.76. The number of carbonyl (C=O) groups excluding carboxylic acids is 2. The van der Waals surface area contributed by atoms with E-state index in [-0.39, 0.29) is 23.3 Å². The standard InChI is InChI=1S/C19H20N2O3/c22-17(14-4-2-1-3-5-14)20-16-12-19(16)7-9-21(10-8-19)18(23)15-6-11-24-13-15/h1-6,11,13,16H,7-10,12H2,(H,20,22). The number of hydrogen-bond acceptors (Lipinski definition) is 3. The van der Waals surface area contributed by atoms with Crippen molar-refractivity contribution in [2.75, 3.05) is 13.1 Å². The van der Waals surface area contributed by atoms with Gasteiger partial charge in [-0.3, -0.25) is 9.59 Å². The lowest BCUT2D eigenvalue weighted by Crippen LogP contribution is -2.41. The van der Waals surface area contributed by atoms with Gasteiger partial charge in [-0.1, -0.05) is 18.2 Å². The van der Waals surface area contributed by atoms with Crippen LogP contribution in [0.15, 0.2) is 53.3 Å². The van der Waals surface area contributed by atoms with Gasteiger partial charge in [-0.05, 0) is 42.9 Å². The number of carbonyl (C=O) groups is 2. The minimum absolute atomic E-state index is 0.00521. The molecule has 2 fully saturated rings. The Morgan fingerprint density at radius 1 is 1.08 bits per heavy atom. The van der Waals surface area contributed by atoms with Crippen LogP contribution in [0.2, 0.25) is 0 Å². The summed E-state index contributed by atoms with van der Waals surface area (Å²) in [6, 6.07) is 11.2. The van der Waals surface area contributed by atoms with E-state index in [0.29, 0.717) is 11.1 Å². The molecular weight excluding hydrogens is 304 g/mol. The topological polar surface area (TPSA) is 62.6 Å². The van der Waals surface area contributed by atoms with E-state index in [4.69, 9.17) is 4.42 Å². The van der Waals surface area contributed by atoms with Crippen LogP contribution in [0.5, 0.6) is 0 Å². The maximum atomic E-state index is 12.3. The number of piperidine rings is 1. The first kappa shape index (κ1) is 15.0. The first-order valence-electron chi connectivity index (χ1n) is 8.35. The second-order valence-corrected chi connectivity index (χ2v) is 6.76. The zero-order valence-corrected chi connectivity index (χ0v) is 13.4. The molecule has 1 spiro atoms. The molecule has 5 heteroatoms. The summed E-state index contributed by atoms with van der Waals surface area (Å²) in [4.78, 5) is 26.5. The normalized spacial score (nSPS) is 21.5. The van der Waals surface area contributed by atoms with Crippen LogP contribution in [-0.4, -0.2) is 35.8 Å². The molecular formula is C19H20N2O3. The van der Waals surface area contributed by atoms with Crippen molar-refractivity contribution < 1.29 is 14.0 Å². The number of furan rings is 1. The van der Waals surface area contributed by atoms with Gasteiger partial charge in [0.1, 0.15) is 6.26 Å². The zero-order chi connectivity index (χ0) is 16.6. The van der Waals surface area contributed by atoms with Crippen LogP contribution in [0.4, 0.5) is 0 Å². The van der Waals surface area contributed by atoms with Gasteiger partial charge in [0.25, 0.3) is 11.8 Å². The molecule has 2 aliphatic rings. The van der Waals surface area contributed by atoms with E-state index >= 15 is 0 Å². The summed E-state index contributed by atoms with van der Waals surface area (Å²) in [5.41, 5.74) is 1.49. The van der Waals surface area contributed by atoms with Gasteiger partial charge < -0.3 is 14.6 Å². The maximum absolute atomic E-state index is 12.3. The third-order valence-electron chi connectivity index (χ3n) is 5.35. The monoisotopic (exact) mass is 324 g/mol. The molecule has 124 valence electrons. The van der Waals surface area contributed by atoms with Crippen molar-refractivity contribution in [2.45, 2.75) is 25.3 Å². The zero-order valence-electron chi connectivity index (χ0n) is 13.4. The third-order valence-corrected chi connectivity index (χ3v) is 5.35. The van der Waals surface area contributed by atoms with Crippen LogP contribution in [0.1, 0.15) is 40.0 Å². The second kappa shape index (κ2) is 5.82. The Balaban J connectivity index is 1.32. The number of benzene rings is 1. The molecule has 1 N–H and O–H groups in total. The molecule has 1 aliphatic heterocycles. The van der Waals surface area contributed by atoms with Gasteiger partial charge in [0.15, 0.2) is 0 Å². The predicted molar refractivity (Wildman–Crippen MR) is 88.6 cm³/mol. The van der Waals surface area contributed by atoms with Crippen molar-refractivity contribution in [1.29, 1.82) is 0 Å². The number of hydrogen-bond donors (Lipinski definition) is 1. The van der Waals surface area contributed by atoms with E-state index in [1.54, 1.807) is 6.07 Å². The van der Waals surface area contributed by atoms with Gasteiger partial charge in [-0.15, -0.1) is 0 Å². The molecule has 1 saturated carbocycles. The Kier molecular flexibility index (Phi) is 3.63. The van der Waals surface area contributed by atoms with Gasteiger partial charge >= 0.3 is 0 Å². The summed E-state index contributed by atoms with van der Waals surface area (Å²) >= 11 is 0. The highest BCUT2D eigenvalue weighted by Gasteiger charge is 2.55. The van der Waals surface area contributed by atoms with Crippen molar-refractivity contribution >= 4 is 11.8 Å². The molecule has 1 aromatic carbocycles. The Morgan fingerprint density at radius 2 is 1.83 bits per heavy atom. The number of nitrogens with zero attached hydrogens (tertiary/aromatic N) is 1. The molecule has 2 amide bonds. The van der Waals surface area contributed by atoms with E-state index in [2.05, 4.69) is 5.32 Å². The molecule has 4 rings (SSSR count). The number of rotatable bonds is 3. The molecule has 1 atom stereocenters. The molecule has 1 saturated heterocycles. The quantitative estimate of drug-likeness (QED) is 0.944. The van der Waals surface area contributed by atoms with E-state index in [1.165, 1.54) is 12.5 Å². The minimum Gasteiger partial charge on any atom is -0.472 e. The highest BCUT2D eigenvalue weighted by atomic mass is 16.3. The average Bonchev–Trinajstić information content (AvgIpc) is 3.03. The van der Waals surface area contributed by atoms with Gasteiger partial charge in [0.2, 0.25) is 0 Å². The van der Waals surface area contributed by atoms with Crippen LogP contribution in [0.25, 0.3) is 0 Å².